The molecule has 30 heavy (non-hydrogen) atoms. The number of hydrogen-bond acceptors (Lipinski definition) is 3. The van der Waals surface area contributed by atoms with Crippen molar-refractivity contribution in [3.8, 4) is 0 Å². The Labute approximate surface area is 172 Å². The smallest absolute Gasteiger partial charge is 0.343 e. The lowest BCUT2D eigenvalue weighted by Crippen LogP contribution is -2.52. The zero-order valence-electron chi connectivity index (χ0n) is 16.5. The lowest BCUT2D eigenvalue weighted by molar-refractivity contribution is -0.143. The highest BCUT2D eigenvalue weighted by Crippen LogP contribution is 2.52. The Morgan fingerprint density at radius 1 is 1.23 bits per heavy atom. The van der Waals surface area contributed by atoms with Crippen LogP contribution in [-0.2, 0) is 6.18 Å². The van der Waals surface area contributed by atoms with E-state index in [0.717, 1.165) is 50.1 Å². The predicted molar refractivity (Wildman–Crippen MR) is 103 cm³/mol. The summed E-state index contributed by atoms with van der Waals surface area (Å²) in [5.41, 5.74) is -1.79. The summed E-state index contributed by atoms with van der Waals surface area (Å²) >= 11 is 0. The first kappa shape index (κ1) is 20.8. The maximum Gasteiger partial charge on any atom is 0.436 e. The number of hydrogen-bond donors (Lipinski definition) is 1. The van der Waals surface area contributed by atoms with E-state index < -0.39 is 35.2 Å². The fraction of sp³-hybridized carbons (Fsp3) is 0.455. The number of fused-ring (bicyclic) bond motifs is 2. The monoisotopic (exact) mass is 421 g/mol. The van der Waals surface area contributed by atoms with Crippen molar-refractivity contribution in [1.82, 2.24) is 15.2 Å². The number of aromatic nitrogens is 1. The summed E-state index contributed by atoms with van der Waals surface area (Å²) in [6.07, 6.45) is -0.392. The van der Waals surface area contributed by atoms with Crippen LogP contribution in [0, 0.1) is 5.82 Å². The molecule has 4 nitrogen and oxygen atoms in total. The number of carbonyl (C=O) groups is 1. The maximum atomic E-state index is 14.5. The van der Waals surface area contributed by atoms with Gasteiger partial charge < -0.3 is 5.32 Å². The molecule has 8 heteroatoms. The Morgan fingerprint density at radius 3 is 2.50 bits per heavy atom. The van der Waals surface area contributed by atoms with E-state index >= 15 is 0 Å². The van der Waals surface area contributed by atoms with E-state index in [1.165, 1.54) is 0 Å². The van der Waals surface area contributed by atoms with Crippen LogP contribution in [0.3, 0.4) is 0 Å². The van der Waals surface area contributed by atoms with Crippen molar-refractivity contribution in [2.45, 2.75) is 56.4 Å². The number of amides is 1. The largest absolute Gasteiger partial charge is 0.436 e. The van der Waals surface area contributed by atoms with Crippen molar-refractivity contribution in [2.75, 3.05) is 6.54 Å². The summed E-state index contributed by atoms with van der Waals surface area (Å²) < 4.78 is 53.7. The number of pyridine rings is 1. The van der Waals surface area contributed by atoms with Crippen LogP contribution in [0.25, 0.3) is 0 Å². The van der Waals surface area contributed by atoms with Gasteiger partial charge in [0.05, 0.1) is 11.6 Å². The lowest BCUT2D eigenvalue weighted by atomic mass is 9.78. The highest BCUT2D eigenvalue weighted by molar-refractivity contribution is 5.95. The van der Waals surface area contributed by atoms with Crippen LogP contribution in [0.4, 0.5) is 17.6 Å². The van der Waals surface area contributed by atoms with Gasteiger partial charge in [-0.3, -0.25) is 9.69 Å². The summed E-state index contributed by atoms with van der Waals surface area (Å²) in [5.74, 6) is -2.51. The molecular formula is C22H23F4N3O. The molecular weight excluding hydrogens is 398 g/mol. The van der Waals surface area contributed by atoms with Gasteiger partial charge in [-0.05, 0) is 43.9 Å². The molecule has 1 atom stereocenters. The average molecular weight is 421 g/mol. The van der Waals surface area contributed by atoms with E-state index in [0.29, 0.717) is 6.04 Å². The normalized spacial score (nSPS) is 24.8. The molecule has 1 aromatic heterocycles. The van der Waals surface area contributed by atoms with Gasteiger partial charge in [0, 0.05) is 17.8 Å². The number of likely N-dealkylation sites (N-methyl/N-ethyl adjacent to an activating group) is 1. The van der Waals surface area contributed by atoms with Gasteiger partial charge in [-0.15, -0.1) is 0 Å². The van der Waals surface area contributed by atoms with E-state index in [-0.39, 0.29) is 5.54 Å². The summed E-state index contributed by atoms with van der Waals surface area (Å²) in [6, 6.07) is 10.3. The Balaban J connectivity index is 1.72. The first-order chi connectivity index (χ1) is 14.3. The minimum atomic E-state index is -4.97. The summed E-state index contributed by atoms with van der Waals surface area (Å²) in [4.78, 5) is 18.5. The molecule has 0 radical (unpaired) electrons. The Hall–Kier alpha value is -2.48. The van der Waals surface area contributed by atoms with Crippen LogP contribution < -0.4 is 5.32 Å². The molecule has 1 aromatic carbocycles. The third-order valence-corrected chi connectivity index (χ3v) is 6.52. The first-order valence-electron chi connectivity index (χ1n) is 10.1. The van der Waals surface area contributed by atoms with E-state index in [4.69, 9.17) is 0 Å². The number of alkyl halides is 3. The van der Waals surface area contributed by atoms with Crippen molar-refractivity contribution >= 4 is 5.91 Å². The van der Waals surface area contributed by atoms with Crippen molar-refractivity contribution in [2.24, 2.45) is 0 Å². The van der Waals surface area contributed by atoms with Crippen molar-refractivity contribution in [1.29, 1.82) is 0 Å². The molecule has 3 heterocycles. The van der Waals surface area contributed by atoms with E-state index in [2.05, 4.69) is 22.1 Å². The molecule has 0 spiro atoms. The molecule has 2 aromatic rings. The number of rotatable bonds is 5. The topological polar surface area (TPSA) is 45.2 Å². The van der Waals surface area contributed by atoms with E-state index in [1.54, 1.807) is 0 Å². The number of nitrogens with one attached hydrogen (secondary N) is 1. The molecule has 4 rings (SSSR count). The molecule has 2 saturated heterocycles. The zero-order chi connectivity index (χ0) is 21.5. The highest BCUT2D eigenvalue weighted by Gasteiger charge is 2.55. The predicted octanol–water partition coefficient (Wildman–Crippen LogP) is 4.73. The van der Waals surface area contributed by atoms with Gasteiger partial charge in [0.1, 0.15) is 0 Å². The Bertz CT molecular complexity index is 924. The Morgan fingerprint density at radius 2 is 1.90 bits per heavy atom. The molecule has 2 bridgehead atoms. The van der Waals surface area contributed by atoms with Crippen LogP contribution >= 0.6 is 0 Å². The molecule has 2 aliphatic heterocycles. The van der Waals surface area contributed by atoms with Crippen molar-refractivity contribution < 1.29 is 22.4 Å². The van der Waals surface area contributed by atoms with Crippen molar-refractivity contribution in [3.05, 3.63) is 65.2 Å². The molecule has 1 amide bonds. The maximum absolute atomic E-state index is 14.5. The minimum absolute atomic E-state index is 0.327. The highest BCUT2D eigenvalue weighted by atomic mass is 19.4. The standard InChI is InChI=1S/C22H23F4N3O/c1-2-29-15-8-11-21(29,12-9-15)18(14-6-4-3-5-7-14)28-20(30)16-10-13-27-19(17(16)23)22(24,25)26/h3-7,10,13,15,18H,2,8-9,11-12H2,1H3,(H,28,30). The molecule has 0 saturated carbocycles. The van der Waals surface area contributed by atoms with Crippen LogP contribution in [0.2, 0.25) is 0 Å². The van der Waals surface area contributed by atoms with Crippen LogP contribution in [0.5, 0.6) is 0 Å². The second-order valence-corrected chi connectivity index (χ2v) is 7.96. The molecule has 1 N–H and O–H groups in total. The van der Waals surface area contributed by atoms with Gasteiger partial charge >= 0.3 is 6.18 Å². The molecule has 160 valence electrons. The van der Waals surface area contributed by atoms with Gasteiger partial charge in [-0.25, -0.2) is 9.37 Å². The Kier molecular flexibility index (Phi) is 5.30. The molecule has 1 unspecified atom stereocenters. The third kappa shape index (κ3) is 3.37. The second-order valence-electron chi connectivity index (χ2n) is 7.96. The van der Waals surface area contributed by atoms with Gasteiger partial charge in [0.2, 0.25) is 0 Å². The number of carbonyl (C=O) groups excluding carboxylic acids is 1. The van der Waals surface area contributed by atoms with Crippen LogP contribution in [-0.4, -0.2) is 33.9 Å². The van der Waals surface area contributed by atoms with Gasteiger partial charge in [-0.1, -0.05) is 37.3 Å². The molecule has 2 fully saturated rings. The van der Waals surface area contributed by atoms with Crippen LogP contribution in [0.15, 0.2) is 42.6 Å². The lowest BCUT2D eigenvalue weighted by Gasteiger charge is -2.42. The molecule has 2 aliphatic rings. The summed E-state index contributed by atoms with van der Waals surface area (Å²) in [7, 11) is 0. The average Bonchev–Trinajstić information content (AvgIpc) is 3.27. The van der Waals surface area contributed by atoms with Crippen LogP contribution in [0.1, 0.15) is 60.3 Å². The first-order valence-corrected chi connectivity index (χ1v) is 10.1. The fourth-order valence-corrected chi connectivity index (χ4v) is 5.29. The van der Waals surface area contributed by atoms with Crippen molar-refractivity contribution in [3.63, 3.8) is 0 Å². The van der Waals surface area contributed by atoms with Gasteiger partial charge in [0.15, 0.2) is 11.5 Å². The van der Waals surface area contributed by atoms with E-state index in [9.17, 15) is 22.4 Å². The second kappa shape index (κ2) is 7.65. The van der Waals surface area contributed by atoms with E-state index in [1.807, 2.05) is 30.3 Å². The summed E-state index contributed by atoms with van der Waals surface area (Å²) in [6.45, 7) is 2.88. The van der Waals surface area contributed by atoms with Gasteiger partial charge in [-0.2, -0.15) is 13.2 Å². The summed E-state index contributed by atoms with van der Waals surface area (Å²) in [5, 5.41) is 2.88. The number of nitrogens with zero attached hydrogens (tertiary/aromatic N) is 2. The molecule has 0 aliphatic carbocycles. The number of halogens is 4. The zero-order valence-corrected chi connectivity index (χ0v) is 16.5. The third-order valence-electron chi connectivity index (χ3n) is 6.52. The minimum Gasteiger partial charge on any atom is -0.343 e. The number of benzene rings is 1. The SMILES string of the molecule is CCN1C2CCC1(C(NC(=O)c1ccnc(C(F)(F)F)c1F)c1ccccc1)CC2. The van der Waals surface area contributed by atoms with Gasteiger partial charge in [0.25, 0.3) is 5.91 Å². The quantitative estimate of drug-likeness (QED) is 0.710. The fourth-order valence-electron chi connectivity index (χ4n) is 5.29.